The van der Waals surface area contributed by atoms with Gasteiger partial charge in [0.25, 0.3) is 5.91 Å². The first kappa shape index (κ1) is 15.5. The first-order chi connectivity index (χ1) is 8.93. The van der Waals surface area contributed by atoms with Crippen molar-refractivity contribution < 1.29 is 9.90 Å². The number of carbonyl (C=O) groups excluding carboxylic acids is 1. The third-order valence-corrected chi connectivity index (χ3v) is 3.50. The Bertz CT molecular complexity index is 426. The number of amides is 1. The summed E-state index contributed by atoms with van der Waals surface area (Å²) in [7, 11) is 3.48. The average Bonchev–Trinajstić information content (AvgIpc) is 2.44. The van der Waals surface area contributed by atoms with Crippen molar-refractivity contribution in [1.29, 1.82) is 0 Å². The highest BCUT2D eigenvalue weighted by Gasteiger charge is 2.21. The second-order valence-corrected chi connectivity index (χ2v) is 5.42. The third-order valence-electron chi connectivity index (χ3n) is 3.50. The van der Waals surface area contributed by atoms with Gasteiger partial charge in [-0.3, -0.25) is 4.79 Å². The number of hydrogen-bond acceptors (Lipinski definition) is 3. The number of aliphatic hydroxyl groups excluding tert-OH is 1. The van der Waals surface area contributed by atoms with Crippen molar-refractivity contribution in [1.82, 2.24) is 4.90 Å². The van der Waals surface area contributed by atoms with Gasteiger partial charge >= 0.3 is 0 Å². The van der Waals surface area contributed by atoms with Crippen LogP contribution in [0.5, 0.6) is 0 Å². The standard InChI is InChI=1S/C15H24N2O2/c1-5-15(2,11-18)10-16-13-9-7-6-8-12(13)14(19)17(3)4/h6-9,16,18H,5,10-11H2,1-4H3. The van der Waals surface area contributed by atoms with E-state index in [1.807, 2.05) is 31.2 Å². The lowest BCUT2D eigenvalue weighted by Gasteiger charge is -2.27. The molecule has 1 aromatic carbocycles. The van der Waals surface area contributed by atoms with Gasteiger partial charge in [0.2, 0.25) is 0 Å². The number of hydrogen-bond donors (Lipinski definition) is 2. The van der Waals surface area contributed by atoms with Crippen LogP contribution in [-0.2, 0) is 0 Å². The van der Waals surface area contributed by atoms with Gasteiger partial charge in [-0.15, -0.1) is 0 Å². The van der Waals surface area contributed by atoms with Crippen molar-refractivity contribution in [2.75, 3.05) is 32.6 Å². The summed E-state index contributed by atoms with van der Waals surface area (Å²) in [5, 5.41) is 12.7. The first-order valence-corrected chi connectivity index (χ1v) is 6.59. The van der Waals surface area contributed by atoms with Crippen LogP contribution in [0.2, 0.25) is 0 Å². The van der Waals surface area contributed by atoms with Crippen LogP contribution in [0.25, 0.3) is 0 Å². The van der Waals surface area contributed by atoms with Gasteiger partial charge in [0.15, 0.2) is 0 Å². The number of para-hydroxylation sites is 1. The Hall–Kier alpha value is -1.55. The van der Waals surface area contributed by atoms with E-state index in [1.165, 1.54) is 0 Å². The van der Waals surface area contributed by atoms with E-state index in [-0.39, 0.29) is 17.9 Å². The molecule has 106 valence electrons. The van der Waals surface area contributed by atoms with Gasteiger partial charge in [0.1, 0.15) is 0 Å². The number of aliphatic hydroxyl groups is 1. The first-order valence-electron chi connectivity index (χ1n) is 6.59. The van der Waals surface area contributed by atoms with Crippen LogP contribution in [0.15, 0.2) is 24.3 Å². The van der Waals surface area contributed by atoms with Gasteiger partial charge in [0.05, 0.1) is 12.2 Å². The van der Waals surface area contributed by atoms with Crippen molar-refractivity contribution in [3.8, 4) is 0 Å². The zero-order valence-electron chi connectivity index (χ0n) is 12.2. The minimum Gasteiger partial charge on any atom is -0.396 e. The number of carbonyl (C=O) groups is 1. The highest BCUT2D eigenvalue weighted by molar-refractivity contribution is 5.99. The van der Waals surface area contributed by atoms with Crippen molar-refractivity contribution in [3.05, 3.63) is 29.8 Å². The fourth-order valence-corrected chi connectivity index (χ4v) is 1.67. The van der Waals surface area contributed by atoms with E-state index >= 15 is 0 Å². The smallest absolute Gasteiger partial charge is 0.255 e. The summed E-state index contributed by atoms with van der Waals surface area (Å²) in [6, 6.07) is 7.46. The van der Waals surface area contributed by atoms with Crippen LogP contribution in [0.1, 0.15) is 30.6 Å². The van der Waals surface area contributed by atoms with Crippen LogP contribution in [-0.4, -0.2) is 43.2 Å². The maximum atomic E-state index is 12.1. The van der Waals surface area contributed by atoms with Gasteiger partial charge in [-0.05, 0) is 18.6 Å². The number of nitrogens with zero attached hydrogens (tertiary/aromatic N) is 1. The van der Waals surface area contributed by atoms with Crippen molar-refractivity contribution in [2.45, 2.75) is 20.3 Å². The van der Waals surface area contributed by atoms with Crippen molar-refractivity contribution >= 4 is 11.6 Å². The second-order valence-electron chi connectivity index (χ2n) is 5.42. The Morgan fingerprint density at radius 1 is 1.37 bits per heavy atom. The minimum absolute atomic E-state index is 0.0229. The molecule has 0 aliphatic rings. The molecule has 4 heteroatoms. The molecule has 0 radical (unpaired) electrons. The Morgan fingerprint density at radius 2 is 2.00 bits per heavy atom. The Morgan fingerprint density at radius 3 is 2.53 bits per heavy atom. The minimum atomic E-state index is -0.172. The second kappa shape index (κ2) is 6.57. The molecule has 0 saturated heterocycles. The van der Waals surface area contributed by atoms with Gasteiger partial charge in [-0.1, -0.05) is 26.0 Å². The predicted octanol–water partition coefficient (Wildman–Crippen LogP) is 2.21. The lowest BCUT2D eigenvalue weighted by atomic mass is 9.88. The predicted molar refractivity (Wildman–Crippen MR) is 78.4 cm³/mol. The monoisotopic (exact) mass is 264 g/mol. The lowest BCUT2D eigenvalue weighted by Crippen LogP contribution is -2.30. The van der Waals surface area contributed by atoms with E-state index in [1.54, 1.807) is 19.0 Å². The molecule has 0 fully saturated rings. The molecule has 1 atom stereocenters. The molecule has 1 aromatic rings. The molecule has 1 rings (SSSR count). The Balaban J connectivity index is 2.87. The van der Waals surface area contributed by atoms with Crippen LogP contribution >= 0.6 is 0 Å². The van der Waals surface area contributed by atoms with Crippen molar-refractivity contribution in [3.63, 3.8) is 0 Å². The topological polar surface area (TPSA) is 52.6 Å². The van der Waals surface area contributed by atoms with Crippen molar-refractivity contribution in [2.24, 2.45) is 5.41 Å². The molecule has 0 saturated carbocycles. The molecule has 0 aliphatic heterocycles. The number of anilines is 1. The summed E-state index contributed by atoms with van der Waals surface area (Å²) in [6.07, 6.45) is 0.875. The molecule has 0 spiro atoms. The van der Waals surface area contributed by atoms with E-state index in [2.05, 4.69) is 12.2 Å². The molecule has 1 unspecified atom stereocenters. The largest absolute Gasteiger partial charge is 0.396 e. The molecular weight excluding hydrogens is 240 g/mol. The highest BCUT2D eigenvalue weighted by atomic mass is 16.3. The van der Waals surface area contributed by atoms with Crippen LogP contribution in [0.4, 0.5) is 5.69 Å². The molecule has 1 amide bonds. The molecule has 2 N–H and O–H groups in total. The molecule has 0 aromatic heterocycles. The molecule has 0 aliphatic carbocycles. The maximum absolute atomic E-state index is 12.1. The average molecular weight is 264 g/mol. The van der Waals surface area contributed by atoms with Gasteiger partial charge in [-0.25, -0.2) is 0 Å². The normalized spacial score (nSPS) is 13.7. The van der Waals surface area contributed by atoms with E-state index in [0.29, 0.717) is 12.1 Å². The summed E-state index contributed by atoms with van der Waals surface area (Å²) < 4.78 is 0. The third kappa shape index (κ3) is 3.96. The van der Waals surface area contributed by atoms with Crippen LogP contribution in [0.3, 0.4) is 0 Å². The zero-order chi connectivity index (χ0) is 14.5. The molecule has 0 heterocycles. The maximum Gasteiger partial charge on any atom is 0.255 e. The quantitative estimate of drug-likeness (QED) is 0.828. The van der Waals surface area contributed by atoms with Crippen LogP contribution in [0, 0.1) is 5.41 Å². The Kier molecular flexibility index (Phi) is 5.36. The van der Waals surface area contributed by atoms with E-state index in [0.717, 1.165) is 12.1 Å². The summed E-state index contributed by atoms with van der Waals surface area (Å²) in [6.45, 7) is 4.84. The summed E-state index contributed by atoms with van der Waals surface area (Å²) in [5.74, 6) is -0.0229. The highest BCUT2D eigenvalue weighted by Crippen LogP contribution is 2.23. The van der Waals surface area contributed by atoms with Gasteiger partial charge < -0.3 is 15.3 Å². The SMILES string of the molecule is CCC(C)(CO)CNc1ccccc1C(=O)N(C)C. The van der Waals surface area contributed by atoms with Gasteiger partial charge in [-0.2, -0.15) is 0 Å². The summed E-state index contributed by atoms with van der Waals surface area (Å²) in [5.41, 5.74) is 1.30. The zero-order valence-corrected chi connectivity index (χ0v) is 12.2. The number of rotatable bonds is 6. The molecule has 19 heavy (non-hydrogen) atoms. The fraction of sp³-hybridized carbons (Fsp3) is 0.533. The van der Waals surface area contributed by atoms with E-state index < -0.39 is 0 Å². The summed E-state index contributed by atoms with van der Waals surface area (Å²) in [4.78, 5) is 13.6. The van der Waals surface area contributed by atoms with E-state index in [9.17, 15) is 9.90 Å². The van der Waals surface area contributed by atoms with Gasteiger partial charge in [0, 0.05) is 31.7 Å². The summed E-state index contributed by atoms with van der Waals surface area (Å²) >= 11 is 0. The van der Waals surface area contributed by atoms with Crippen LogP contribution < -0.4 is 5.32 Å². The lowest BCUT2D eigenvalue weighted by molar-refractivity contribution is 0.0828. The van der Waals surface area contributed by atoms with E-state index in [4.69, 9.17) is 0 Å². The Labute approximate surface area is 115 Å². The molecular formula is C15H24N2O2. The number of benzene rings is 1. The molecule has 0 bridgehead atoms. The molecule has 4 nitrogen and oxygen atoms in total. The number of nitrogens with one attached hydrogen (secondary N) is 1. The fourth-order valence-electron chi connectivity index (χ4n) is 1.67.